The molecule has 0 spiro atoms. The average Bonchev–Trinajstić information content (AvgIpc) is 4.09. The quantitative estimate of drug-likeness (QED) is 0.179. The molecule has 4 amide bonds. The molecule has 2 saturated carbocycles. The van der Waals surface area contributed by atoms with Crippen LogP contribution in [0.4, 0.5) is 18.0 Å². The lowest BCUT2D eigenvalue weighted by atomic mass is 9.85. The molecule has 61 heavy (non-hydrogen) atoms. The van der Waals surface area contributed by atoms with Crippen molar-refractivity contribution in [3.63, 3.8) is 0 Å². The number of benzene rings is 1. The molecule has 3 N–H and O–H groups in total. The van der Waals surface area contributed by atoms with Crippen LogP contribution >= 0.6 is 0 Å². The molecule has 3 heterocycles. The molecule has 15 nitrogen and oxygen atoms in total. The van der Waals surface area contributed by atoms with Gasteiger partial charge in [-0.1, -0.05) is 32.4 Å². The molecule has 2 aliphatic carbocycles. The van der Waals surface area contributed by atoms with Crippen LogP contribution in [0.5, 0.6) is 17.4 Å². The summed E-state index contributed by atoms with van der Waals surface area (Å²) in [6, 6.07) is 3.09. The maximum absolute atomic E-state index is 14.6. The number of fused-ring (bicyclic) bond motifs is 3. The normalized spacial score (nSPS) is 27.0. The van der Waals surface area contributed by atoms with Crippen LogP contribution in [0.3, 0.4) is 0 Å². The highest BCUT2D eigenvalue weighted by Crippen LogP contribution is 2.42. The lowest BCUT2D eigenvalue weighted by Crippen LogP contribution is -2.57. The molecule has 7 atom stereocenters. The third-order valence-corrected chi connectivity index (χ3v) is 14.0. The van der Waals surface area contributed by atoms with Gasteiger partial charge in [0.25, 0.3) is 0 Å². The van der Waals surface area contributed by atoms with Gasteiger partial charge in [-0.25, -0.2) is 18.2 Å². The van der Waals surface area contributed by atoms with E-state index in [1.807, 2.05) is 24.6 Å². The predicted octanol–water partition coefficient (Wildman–Crippen LogP) is 5.95. The molecule has 3 fully saturated rings. The number of allylic oxidation sites excluding steroid dienone is 1. The first-order chi connectivity index (χ1) is 28.7. The van der Waals surface area contributed by atoms with Crippen molar-refractivity contribution >= 4 is 45.1 Å². The number of aromatic nitrogens is 1. The minimum Gasteiger partial charge on any atom is -0.497 e. The Morgan fingerprint density at radius 2 is 1.84 bits per heavy atom. The van der Waals surface area contributed by atoms with E-state index in [0.717, 1.165) is 33.1 Å². The van der Waals surface area contributed by atoms with Crippen molar-refractivity contribution in [3.8, 4) is 17.4 Å². The van der Waals surface area contributed by atoms with Gasteiger partial charge in [0.15, 0.2) is 0 Å². The number of amides is 4. The van der Waals surface area contributed by atoms with Crippen molar-refractivity contribution in [1.82, 2.24) is 25.2 Å². The van der Waals surface area contributed by atoms with Crippen LogP contribution in [-0.4, -0.2) is 104 Å². The fraction of sp³-hybridized carbons (Fsp3) is 0.643. The molecule has 0 radical (unpaired) electrons. The van der Waals surface area contributed by atoms with Gasteiger partial charge in [0.05, 0.1) is 31.2 Å². The van der Waals surface area contributed by atoms with Gasteiger partial charge in [-0.3, -0.25) is 19.1 Å². The zero-order chi connectivity index (χ0) is 44.9. The maximum Gasteiger partial charge on any atom is 0.427 e. The smallest absolute Gasteiger partial charge is 0.427 e. The van der Waals surface area contributed by atoms with Crippen molar-refractivity contribution in [3.05, 3.63) is 36.5 Å². The van der Waals surface area contributed by atoms with Gasteiger partial charge in [-0.2, -0.15) is 13.2 Å². The summed E-state index contributed by atoms with van der Waals surface area (Å²) >= 11 is 0. The third kappa shape index (κ3) is 11.4. The summed E-state index contributed by atoms with van der Waals surface area (Å²) in [6.45, 7) is 9.30. The molecule has 338 valence electrons. The Labute approximate surface area is 354 Å². The number of nitrogens with zero attached hydrogens (tertiary/aromatic N) is 2. The number of carbonyl (C=O) groups is 4. The van der Waals surface area contributed by atoms with Gasteiger partial charge in [-0.15, -0.1) is 0 Å². The molecule has 1 aromatic heterocycles. The van der Waals surface area contributed by atoms with E-state index < -0.39 is 62.7 Å². The number of alkyl halides is 3. The highest BCUT2D eigenvalue weighted by atomic mass is 32.2. The third-order valence-electron chi connectivity index (χ3n) is 11.9. The summed E-state index contributed by atoms with van der Waals surface area (Å²) in [5, 5.41) is 6.93. The topological polar surface area (TPSA) is 192 Å². The molecule has 2 aliphatic heterocycles. The second-order valence-electron chi connectivity index (χ2n) is 17.0. The Balaban J connectivity index is 0.000000617. The number of alkyl carbamates (subject to hydrolysis) is 1. The van der Waals surface area contributed by atoms with Crippen LogP contribution in [0, 0.1) is 17.8 Å². The number of halogens is 3. The van der Waals surface area contributed by atoms with Gasteiger partial charge in [0.1, 0.15) is 29.7 Å². The molecular weight excluding hydrogens is 824 g/mol. The van der Waals surface area contributed by atoms with Gasteiger partial charge >= 0.3 is 12.3 Å². The Morgan fingerprint density at radius 3 is 2.46 bits per heavy atom. The standard InChI is InChI=1S/C37H49F3N4O7.C5H9NO3S/c1-7-22-15-21(3)11-9-10-12-23-16-28(23)42-32(45)29-18-25(20-44(29)34(46)31(22)43-35(47)51-36(4,5)37(38,39)40)50-33-26-14-13-24(48-6)17-27(26)30(19-41-33)49-8-2;1-5(2-3-5)10(8,9)6-4-7/h10,12-14,17,19,21-23,25,28-29,31H,7-9,11,15-16,18,20H2,1-6H3,(H,42,45)(H,43,47);4H,2-3H2,1H3,(H,6,7)/b12-10-;/t21-,22+,23+,25+,28+,29-,31-;/m0./s1. The fourth-order valence-electron chi connectivity index (χ4n) is 7.55. The van der Waals surface area contributed by atoms with E-state index in [1.54, 1.807) is 32.4 Å². The number of hydrogen-bond donors (Lipinski definition) is 3. The number of hydrogen-bond acceptors (Lipinski definition) is 11. The summed E-state index contributed by atoms with van der Waals surface area (Å²) in [5.74, 6) is 0.365. The zero-order valence-corrected chi connectivity index (χ0v) is 36.5. The first kappa shape index (κ1) is 47.2. The Kier molecular flexibility index (Phi) is 14.8. The number of ether oxygens (including phenoxy) is 4. The minimum absolute atomic E-state index is 0.0231. The molecule has 19 heteroatoms. The lowest BCUT2D eigenvalue weighted by molar-refractivity contribution is -0.244. The summed E-state index contributed by atoms with van der Waals surface area (Å²) in [5.41, 5.74) is -2.80. The summed E-state index contributed by atoms with van der Waals surface area (Å²) < 4.78 is 86.5. The summed E-state index contributed by atoms with van der Waals surface area (Å²) in [6.07, 6.45) is 3.91. The summed E-state index contributed by atoms with van der Waals surface area (Å²) in [4.78, 5) is 57.3. The molecule has 0 unspecified atom stereocenters. The van der Waals surface area contributed by atoms with E-state index in [2.05, 4.69) is 34.7 Å². The van der Waals surface area contributed by atoms with Crippen LogP contribution in [0.1, 0.15) is 92.9 Å². The number of rotatable bonds is 11. The van der Waals surface area contributed by atoms with Crippen LogP contribution in [0.2, 0.25) is 0 Å². The Bertz CT molecular complexity index is 2060. The van der Waals surface area contributed by atoms with Gasteiger partial charge in [-0.05, 0) is 102 Å². The van der Waals surface area contributed by atoms with Crippen LogP contribution < -0.4 is 29.6 Å². The van der Waals surface area contributed by atoms with Crippen molar-refractivity contribution in [2.75, 3.05) is 20.3 Å². The number of sulfonamides is 1. The number of pyridine rings is 1. The average molecular weight is 882 g/mol. The molecule has 4 aliphatic rings. The van der Waals surface area contributed by atoms with Gasteiger partial charge in [0, 0.05) is 23.2 Å². The number of carbonyl (C=O) groups excluding carboxylic acids is 4. The molecule has 6 rings (SSSR count). The number of nitrogens with one attached hydrogen (secondary N) is 3. The molecule has 1 aromatic carbocycles. The first-order valence-corrected chi connectivity index (χ1v) is 22.2. The van der Waals surface area contributed by atoms with E-state index >= 15 is 0 Å². The highest BCUT2D eigenvalue weighted by molar-refractivity contribution is 7.91. The largest absolute Gasteiger partial charge is 0.497 e. The van der Waals surface area contributed by atoms with Crippen molar-refractivity contribution in [1.29, 1.82) is 0 Å². The SMILES string of the molecule is CC1(S(=O)(=O)NC=O)CC1.CCOc1cnc(O[C@@H]2C[C@H]3C(=O)N[C@@H]4C[C@H]4/C=C\CC[C@H](C)C[C@@H](CC)[C@H](NC(=O)OC(C)(C)C(F)(F)F)C(=O)N3C2)c2ccc(OC)cc12. The van der Waals surface area contributed by atoms with Crippen LogP contribution in [-0.2, 0) is 29.1 Å². The minimum atomic E-state index is -4.84. The van der Waals surface area contributed by atoms with Crippen molar-refractivity contribution in [2.45, 2.75) is 134 Å². The summed E-state index contributed by atoms with van der Waals surface area (Å²) in [7, 11) is -1.79. The monoisotopic (exact) mass is 881 g/mol. The second-order valence-corrected chi connectivity index (χ2v) is 19.2. The van der Waals surface area contributed by atoms with Crippen LogP contribution in [0.25, 0.3) is 10.8 Å². The van der Waals surface area contributed by atoms with Crippen LogP contribution in [0.15, 0.2) is 36.5 Å². The van der Waals surface area contributed by atoms with E-state index in [9.17, 15) is 40.8 Å². The highest BCUT2D eigenvalue weighted by Gasteiger charge is 2.52. The first-order valence-electron chi connectivity index (χ1n) is 20.7. The van der Waals surface area contributed by atoms with Gasteiger partial charge < -0.3 is 34.5 Å². The maximum atomic E-state index is 14.6. The lowest BCUT2D eigenvalue weighted by Gasteiger charge is -2.34. The Morgan fingerprint density at radius 1 is 1.11 bits per heavy atom. The van der Waals surface area contributed by atoms with Crippen molar-refractivity contribution in [2.24, 2.45) is 17.8 Å². The number of methoxy groups -OCH3 is 1. The van der Waals surface area contributed by atoms with E-state index in [1.165, 1.54) is 4.90 Å². The predicted molar refractivity (Wildman–Crippen MR) is 219 cm³/mol. The van der Waals surface area contributed by atoms with E-state index in [4.69, 9.17) is 18.9 Å². The van der Waals surface area contributed by atoms with Crippen molar-refractivity contribution < 1.29 is 59.7 Å². The molecule has 0 bridgehead atoms. The van der Waals surface area contributed by atoms with E-state index in [0.29, 0.717) is 54.6 Å². The van der Waals surface area contributed by atoms with Gasteiger partial charge in [0.2, 0.25) is 39.7 Å². The molecule has 2 aromatic rings. The molecule has 1 saturated heterocycles. The Hall–Kier alpha value is -4.81. The fourth-order valence-corrected chi connectivity index (χ4v) is 8.60. The van der Waals surface area contributed by atoms with E-state index in [-0.39, 0.29) is 49.0 Å². The second kappa shape index (κ2) is 19.1. The molecular formula is C42H58F3N5O10S. The zero-order valence-electron chi connectivity index (χ0n) is 35.7.